The molecule has 4 rings (SSSR count). The van der Waals surface area contributed by atoms with E-state index in [-0.39, 0.29) is 28.8 Å². The minimum Gasteiger partial charge on any atom is -0.454 e. The van der Waals surface area contributed by atoms with E-state index < -0.39 is 49.3 Å². The number of carbonyl (C=O) groups excluding carboxylic acids is 1. The van der Waals surface area contributed by atoms with Crippen molar-refractivity contribution in [3.63, 3.8) is 0 Å². The molecular weight excluding hydrogens is 587 g/mol. The highest BCUT2D eigenvalue weighted by atomic mass is 35.5. The molecule has 1 heterocycles. The smallest absolute Gasteiger partial charge is 0.417 e. The Balaban J connectivity index is 1.46. The van der Waals surface area contributed by atoms with E-state index in [1.165, 1.54) is 30.3 Å². The van der Waals surface area contributed by atoms with Gasteiger partial charge in [-0.1, -0.05) is 11.6 Å². The average Bonchev–Trinajstić information content (AvgIpc) is 3.30. The second kappa shape index (κ2) is 10.5. The molecule has 0 unspecified atom stereocenters. The van der Waals surface area contributed by atoms with E-state index in [4.69, 9.17) is 21.1 Å². The quantitative estimate of drug-likeness (QED) is 0.392. The van der Waals surface area contributed by atoms with Crippen molar-refractivity contribution in [1.82, 2.24) is 0 Å². The molecule has 3 aromatic carbocycles. The van der Waals surface area contributed by atoms with Crippen LogP contribution in [0, 0.1) is 0 Å². The summed E-state index contributed by atoms with van der Waals surface area (Å²) in [6.07, 6.45) is -3.86. The van der Waals surface area contributed by atoms with Crippen LogP contribution in [-0.4, -0.2) is 42.3 Å². The minimum absolute atomic E-state index is 0.0202. The van der Waals surface area contributed by atoms with Crippen LogP contribution in [0.25, 0.3) is 0 Å². The third-order valence-corrected chi connectivity index (χ3v) is 8.17. The van der Waals surface area contributed by atoms with Crippen LogP contribution in [0.3, 0.4) is 0 Å². The second-order valence-corrected chi connectivity index (χ2v) is 12.2. The standard InChI is InChI=1S/C23H19ClF3N3O7S2/c1-38(32,33)30(16-5-9-20-21(11-16)37-13-36-20)12-22(31)28-14-2-6-17(7-3-14)39(34,35)29-15-4-8-19(24)18(10-15)23(25,26)27/h2-11,29H,12-13H2,1H3,(H,28,31). The van der Waals surface area contributed by atoms with E-state index in [0.29, 0.717) is 17.6 Å². The molecule has 1 aliphatic heterocycles. The first-order chi connectivity index (χ1) is 18.1. The number of carbonyl (C=O) groups is 1. The van der Waals surface area contributed by atoms with Gasteiger partial charge in [-0.15, -0.1) is 0 Å². The molecule has 0 aromatic heterocycles. The Morgan fingerprint density at radius 2 is 1.59 bits per heavy atom. The number of halogens is 4. The van der Waals surface area contributed by atoms with Gasteiger partial charge in [0.2, 0.25) is 22.7 Å². The summed E-state index contributed by atoms with van der Waals surface area (Å²) in [5, 5.41) is 1.88. The molecular formula is C23H19ClF3N3O7S2. The zero-order valence-corrected chi connectivity index (χ0v) is 22.2. The lowest BCUT2D eigenvalue weighted by Gasteiger charge is -2.22. The summed E-state index contributed by atoms with van der Waals surface area (Å²) in [6, 6.07) is 11.7. The third kappa shape index (κ3) is 6.66. The van der Waals surface area contributed by atoms with Gasteiger partial charge in [-0.25, -0.2) is 16.8 Å². The normalized spacial score (nSPS) is 13.2. The molecule has 0 radical (unpaired) electrons. The molecule has 39 heavy (non-hydrogen) atoms. The van der Waals surface area contributed by atoms with Gasteiger partial charge in [-0.3, -0.25) is 13.8 Å². The highest BCUT2D eigenvalue weighted by Crippen LogP contribution is 2.37. The molecule has 208 valence electrons. The van der Waals surface area contributed by atoms with Gasteiger partial charge in [-0.2, -0.15) is 13.2 Å². The third-order valence-electron chi connectivity index (χ3n) is 5.30. The van der Waals surface area contributed by atoms with Crippen LogP contribution >= 0.6 is 11.6 Å². The number of hydrogen-bond donors (Lipinski definition) is 2. The number of alkyl halides is 3. The Morgan fingerprint density at radius 1 is 0.949 bits per heavy atom. The number of nitrogens with zero attached hydrogens (tertiary/aromatic N) is 1. The van der Waals surface area contributed by atoms with Gasteiger partial charge in [-0.05, 0) is 54.6 Å². The largest absolute Gasteiger partial charge is 0.454 e. The molecule has 0 spiro atoms. The lowest BCUT2D eigenvalue weighted by atomic mass is 10.2. The SMILES string of the molecule is CS(=O)(=O)N(CC(=O)Nc1ccc(S(=O)(=O)Nc2ccc(Cl)c(C(F)(F)F)c2)cc1)c1ccc2c(c1)OCO2. The number of benzene rings is 3. The van der Waals surface area contributed by atoms with E-state index in [1.54, 1.807) is 0 Å². The Labute approximate surface area is 226 Å². The fourth-order valence-corrected chi connectivity index (χ4v) is 5.63. The van der Waals surface area contributed by atoms with Gasteiger partial charge in [0.1, 0.15) is 6.54 Å². The zero-order chi connectivity index (χ0) is 28.6. The number of sulfonamides is 2. The summed E-state index contributed by atoms with van der Waals surface area (Å²) in [6.45, 7) is -0.619. The summed E-state index contributed by atoms with van der Waals surface area (Å²) < 4.78 is 103. The van der Waals surface area contributed by atoms with Gasteiger partial charge >= 0.3 is 6.18 Å². The average molecular weight is 606 g/mol. The molecule has 1 amide bonds. The molecule has 0 saturated carbocycles. The van der Waals surface area contributed by atoms with Gasteiger partial charge in [0.15, 0.2) is 11.5 Å². The Bertz CT molecular complexity index is 1630. The second-order valence-electron chi connectivity index (χ2n) is 8.18. The van der Waals surface area contributed by atoms with Gasteiger partial charge in [0.25, 0.3) is 10.0 Å². The molecule has 0 bridgehead atoms. The number of amides is 1. The maximum Gasteiger partial charge on any atom is 0.417 e. The number of nitrogens with one attached hydrogen (secondary N) is 2. The summed E-state index contributed by atoms with van der Waals surface area (Å²) in [7, 11) is -8.18. The predicted octanol–water partition coefficient (Wildman–Crippen LogP) is 4.29. The van der Waals surface area contributed by atoms with Crippen LogP contribution in [0.5, 0.6) is 11.5 Å². The van der Waals surface area contributed by atoms with Crippen molar-refractivity contribution in [2.75, 3.05) is 33.9 Å². The summed E-state index contributed by atoms with van der Waals surface area (Å²) in [4.78, 5) is 12.3. The zero-order valence-electron chi connectivity index (χ0n) is 19.8. The van der Waals surface area contributed by atoms with Crippen LogP contribution in [-0.2, 0) is 31.0 Å². The number of ether oxygens (including phenoxy) is 2. The highest BCUT2D eigenvalue weighted by Gasteiger charge is 2.33. The van der Waals surface area contributed by atoms with E-state index in [0.717, 1.165) is 34.8 Å². The van der Waals surface area contributed by atoms with Crippen LogP contribution in [0.1, 0.15) is 5.56 Å². The van der Waals surface area contributed by atoms with Crippen LogP contribution in [0.2, 0.25) is 5.02 Å². The van der Waals surface area contributed by atoms with Gasteiger partial charge < -0.3 is 14.8 Å². The molecule has 0 saturated heterocycles. The molecule has 0 fully saturated rings. The van der Waals surface area contributed by atoms with E-state index in [1.807, 2.05) is 4.72 Å². The maximum absolute atomic E-state index is 13.1. The number of anilines is 3. The topological polar surface area (TPSA) is 131 Å². The number of hydrogen-bond acceptors (Lipinski definition) is 7. The fraction of sp³-hybridized carbons (Fsp3) is 0.174. The van der Waals surface area contributed by atoms with Crippen molar-refractivity contribution in [2.24, 2.45) is 0 Å². The van der Waals surface area contributed by atoms with Crippen molar-refractivity contribution in [1.29, 1.82) is 0 Å². The molecule has 2 N–H and O–H groups in total. The van der Waals surface area contributed by atoms with Crippen molar-refractivity contribution < 1.29 is 44.3 Å². The Hall–Kier alpha value is -3.69. The van der Waals surface area contributed by atoms with Crippen molar-refractivity contribution >= 4 is 54.6 Å². The fourth-order valence-electron chi connectivity index (χ4n) is 3.51. The summed E-state index contributed by atoms with van der Waals surface area (Å²) >= 11 is 5.56. The van der Waals surface area contributed by atoms with E-state index in [2.05, 4.69) is 5.32 Å². The Morgan fingerprint density at radius 3 is 2.23 bits per heavy atom. The maximum atomic E-state index is 13.1. The van der Waals surface area contributed by atoms with Crippen LogP contribution < -0.4 is 23.8 Å². The van der Waals surface area contributed by atoms with E-state index in [9.17, 15) is 34.8 Å². The summed E-state index contributed by atoms with van der Waals surface area (Å²) in [5.74, 6) is 0.0194. The molecule has 3 aromatic rings. The van der Waals surface area contributed by atoms with E-state index >= 15 is 0 Å². The molecule has 0 atom stereocenters. The van der Waals surface area contributed by atoms with Crippen LogP contribution in [0.4, 0.5) is 30.2 Å². The lowest BCUT2D eigenvalue weighted by Crippen LogP contribution is -2.37. The molecule has 16 heteroatoms. The Kier molecular flexibility index (Phi) is 7.60. The van der Waals surface area contributed by atoms with Gasteiger partial charge in [0, 0.05) is 17.4 Å². The first kappa shape index (κ1) is 28.3. The first-order valence-electron chi connectivity index (χ1n) is 10.8. The highest BCUT2D eigenvalue weighted by molar-refractivity contribution is 7.92. The van der Waals surface area contributed by atoms with Crippen LogP contribution in [0.15, 0.2) is 65.6 Å². The number of rotatable bonds is 8. The molecule has 0 aliphatic carbocycles. The monoisotopic (exact) mass is 605 g/mol. The van der Waals surface area contributed by atoms with Crippen molar-refractivity contribution in [2.45, 2.75) is 11.1 Å². The molecule has 10 nitrogen and oxygen atoms in total. The van der Waals surface area contributed by atoms with Crippen molar-refractivity contribution in [3.8, 4) is 11.5 Å². The molecule has 1 aliphatic rings. The number of fused-ring (bicyclic) bond motifs is 1. The van der Waals surface area contributed by atoms with Gasteiger partial charge in [0.05, 0.1) is 27.4 Å². The predicted molar refractivity (Wildman–Crippen MR) is 137 cm³/mol. The lowest BCUT2D eigenvalue weighted by molar-refractivity contribution is -0.137. The summed E-state index contributed by atoms with van der Waals surface area (Å²) in [5.41, 5.74) is -1.25. The first-order valence-corrected chi connectivity index (χ1v) is 14.5. The minimum atomic E-state index is -4.78. The van der Waals surface area contributed by atoms with Crippen molar-refractivity contribution in [3.05, 3.63) is 71.2 Å².